The molecule has 0 spiro atoms. The van der Waals surface area contributed by atoms with Crippen molar-refractivity contribution in [2.45, 2.75) is 38.6 Å². The summed E-state index contributed by atoms with van der Waals surface area (Å²) in [4.78, 5) is 0. The molecule has 0 amide bonds. The van der Waals surface area contributed by atoms with Crippen LogP contribution in [0.15, 0.2) is 12.7 Å². The molecule has 11 heavy (non-hydrogen) atoms. The zero-order chi connectivity index (χ0) is 8.10. The predicted octanol–water partition coefficient (Wildman–Crippen LogP) is 2.34. The van der Waals surface area contributed by atoms with E-state index < -0.39 is 0 Å². The van der Waals surface area contributed by atoms with Crippen molar-refractivity contribution in [3.05, 3.63) is 12.7 Å². The van der Waals surface area contributed by atoms with E-state index >= 15 is 0 Å². The first kappa shape index (κ1) is 8.79. The third-order valence-electron chi connectivity index (χ3n) is 2.34. The lowest BCUT2D eigenvalue weighted by Gasteiger charge is -1.99. The third kappa shape index (κ3) is 3.06. The van der Waals surface area contributed by atoms with Gasteiger partial charge in [-0.25, -0.2) is 0 Å². The lowest BCUT2D eigenvalue weighted by Crippen LogP contribution is -2.18. The Labute approximate surface area is 69.9 Å². The zero-order valence-corrected chi connectivity index (χ0v) is 7.47. The van der Waals surface area contributed by atoms with Crippen LogP contribution in [0.1, 0.15) is 32.6 Å². The van der Waals surface area contributed by atoms with Crippen molar-refractivity contribution in [1.82, 2.24) is 5.32 Å². The maximum Gasteiger partial charge on any atom is 0.00992 e. The minimum absolute atomic E-state index is 0.842. The Morgan fingerprint density at radius 1 is 1.64 bits per heavy atom. The average molecular weight is 153 g/mol. The van der Waals surface area contributed by atoms with Gasteiger partial charge in [0.1, 0.15) is 0 Å². The van der Waals surface area contributed by atoms with Crippen molar-refractivity contribution >= 4 is 0 Å². The first-order chi connectivity index (χ1) is 5.38. The Bertz CT molecular complexity index is 120. The first-order valence-corrected chi connectivity index (χ1v) is 4.72. The molecule has 1 saturated carbocycles. The van der Waals surface area contributed by atoms with Crippen molar-refractivity contribution in [1.29, 1.82) is 0 Å². The summed E-state index contributed by atoms with van der Waals surface area (Å²) < 4.78 is 0. The molecular formula is C10H19N. The minimum Gasteiger partial charge on any atom is -0.313 e. The van der Waals surface area contributed by atoms with E-state index in [2.05, 4.69) is 18.8 Å². The quantitative estimate of drug-likeness (QED) is 0.456. The maximum absolute atomic E-state index is 3.69. The first-order valence-electron chi connectivity index (χ1n) is 4.72. The lowest BCUT2D eigenvalue weighted by atomic mass is 10.2. The third-order valence-corrected chi connectivity index (χ3v) is 2.34. The molecule has 1 N–H and O–H groups in total. The SMILES string of the molecule is C=CCCNC1CC1CCC. The van der Waals surface area contributed by atoms with E-state index in [1.54, 1.807) is 0 Å². The van der Waals surface area contributed by atoms with Gasteiger partial charge >= 0.3 is 0 Å². The molecule has 1 aliphatic carbocycles. The summed E-state index contributed by atoms with van der Waals surface area (Å²) in [5, 5.41) is 3.52. The van der Waals surface area contributed by atoms with Crippen molar-refractivity contribution in [3.63, 3.8) is 0 Å². The van der Waals surface area contributed by atoms with E-state index in [0.717, 1.165) is 24.9 Å². The molecule has 0 aromatic carbocycles. The Balaban J connectivity index is 1.91. The molecule has 0 heterocycles. The summed E-state index contributed by atoms with van der Waals surface area (Å²) in [6.07, 6.45) is 7.24. The highest BCUT2D eigenvalue weighted by atomic mass is 15.0. The van der Waals surface area contributed by atoms with Gasteiger partial charge in [0.05, 0.1) is 0 Å². The number of rotatable bonds is 6. The fourth-order valence-electron chi connectivity index (χ4n) is 1.56. The van der Waals surface area contributed by atoms with Crippen molar-refractivity contribution in [2.24, 2.45) is 5.92 Å². The molecule has 0 radical (unpaired) electrons. The smallest absolute Gasteiger partial charge is 0.00992 e. The van der Waals surface area contributed by atoms with E-state index in [4.69, 9.17) is 0 Å². The van der Waals surface area contributed by atoms with Gasteiger partial charge in [-0.2, -0.15) is 0 Å². The van der Waals surface area contributed by atoms with Gasteiger partial charge in [0, 0.05) is 6.04 Å². The molecule has 0 bridgehead atoms. The van der Waals surface area contributed by atoms with Gasteiger partial charge in [0.2, 0.25) is 0 Å². The summed E-state index contributed by atoms with van der Waals surface area (Å²) in [6.45, 7) is 7.08. The van der Waals surface area contributed by atoms with Crippen LogP contribution >= 0.6 is 0 Å². The monoisotopic (exact) mass is 153 g/mol. The predicted molar refractivity (Wildman–Crippen MR) is 49.6 cm³/mol. The van der Waals surface area contributed by atoms with Crippen LogP contribution in [0.4, 0.5) is 0 Å². The number of hydrogen-bond donors (Lipinski definition) is 1. The maximum atomic E-state index is 3.69. The van der Waals surface area contributed by atoms with Crippen LogP contribution in [0.3, 0.4) is 0 Å². The molecule has 64 valence electrons. The molecule has 2 atom stereocenters. The van der Waals surface area contributed by atoms with Crippen molar-refractivity contribution < 1.29 is 0 Å². The fraction of sp³-hybridized carbons (Fsp3) is 0.800. The van der Waals surface area contributed by atoms with Gasteiger partial charge in [0.15, 0.2) is 0 Å². The van der Waals surface area contributed by atoms with Crippen LogP contribution in [-0.2, 0) is 0 Å². The van der Waals surface area contributed by atoms with Gasteiger partial charge in [-0.1, -0.05) is 19.4 Å². The summed E-state index contributed by atoms with van der Waals surface area (Å²) in [7, 11) is 0. The molecule has 1 aliphatic rings. The highest BCUT2D eigenvalue weighted by Gasteiger charge is 2.34. The number of nitrogens with one attached hydrogen (secondary N) is 1. The van der Waals surface area contributed by atoms with Gasteiger partial charge in [0.25, 0.3) is 0 Å². The Morgan fingerprint density at radius 2 is 2.45 bits per heavy atom. The lowest BCUT2D eigenvalue weighted by molar-refractivity contribution is 0.603. The summed E-state index contributed by atoms with van der Waals surface area (Å²) in [5.41, 5.74) is 0. The molecule has 1 fully saturated rings. The highest BCUT2D eigenvalue weighted by Crippen LogP contribution is 2.34. The standard InChI is InChI=1S/C10H19N/c1-3-5-7-11-10-8-9(10)6-4-2/h3,9-11H,1,4-8H2,2H3. The normalized spacial score (nSPS) is 28.5. The van der Waals surface area contributed by atoms with Crippen molar-refractivity contribution in [2.75, 3.05) is 6.54 Å². The van der Waals surface area contributed by atoms with Gasteiger partial charge in [-0.15, -0.1) is 6.58 Å². The second-order valence-corrected chi connectivity index (χ2v) is 3.42. The summed E-state index contributed by atoms with van der Waals surface area (Å²) in [5.74, 6) is 0.991. The average Bonchev–Trinajstić information content (AvgIpc) is 2.70. The highest BCUT2D eigenvalue weighted by molar-refractivity contribution is 4.92. The molecule has 0 aliphatic heterocycles. The Morgan fingerprint density at radius 3 is 3.09 bits per heavy atom. The Hall–Kier alpha value is -0.300. The molecule has 0 saturated heterocycles. The zero-order valence-electron chi connectivity index (χ0n) is 7.47. The van der Waals surface area contributed by atoms with Crippen LogP contribution in [0.2, 0.25) is 0 Å². The molecule has 1 heteroatoms. The van der Waals surface area contributed by atoms with Crippen LogP contribution < -0.4 is 5.32 Å². The second kappa shape index (κ2) is 4.55. The van der Waals surface area contributed by atoms with Gasteiger partial charge in [-0.05, 0) is 31.7 Å². The summed E-state index contributed by atoms with van der Waals surface area (Å²) in [6, 6.07) is 0.842. The van der Waals surface area contributed by atoms with Crippen LogP contribution in [0.25, 0.3) is 0 Å². The molecule has 1 nitrogen and oxygen atoms in total. The van der Waals surface area contributed by atoms with Crippen molar-refractivity contribution in [3.8, 4) is 0 Å². The topological polar surface area (TPSA) is 12.0 Å². The van der Waals surface area contributed by atoms with E-state index in [9.17, 15) is 0 Å². The molecule has 0 aromatic rings. The van der Waals surface area contributed by atoms with Crippen LogP contribution in [-0.4, -0.2) is 12.6 Å². The van der Waals surface area contributed by atoms with E-state index in [0.29, 0.717) is 0 Å². The van der Waals surface area contributed by atoms with Gasteiger partial charge in [-0.3, -0.25) is 0 Å². The van der Waals surface area contributed by atoms with Gasteiger partial charge < -0.3 is 5.32 Å². The van der Waals surface area contributed by atoms with Crippen LogP contribution in [0.5, 0.6) is 0 Å². The number of hydrogen-bond acceptors (Lipinski definition) is 1. The van der Waals surface area contributed by atoms with E-state index in [1.165, 1.54) is 19.3 Å². The largest absolute Gasteiger partial charge is 0.313 e. The van der Waals surface area contributed by atoms with E-state index in [1.807, 2.05) is 6.08 Å². The van der Waals surface area contributed by atoms with Crippen LogP contribution in [0, 0.1) is 5.92 Å². The van der Waals surface area contributed by atoms with E-state index in [-0.39, 0.29) is 0 Å². The molecular weight excluding hydrogens is 134 g/mol. The Kier molecular flexibility index (Phi) is 3.64. The molecule has 0 aromatic heterocycles. The molecule has 1 rings (SSSR count). The summed E-state index contributed by atoms with van der Waals surface area (Å²) >= 11 is 0. The second-order valence-electron chi connectivity index (χ2n) is 3.42. The fourth-order valence-corrected chi connectivity index (χ4v) is 1.56. The minimum atomic E-state index is 0.842. The molecule has 2 unspecified atom stereocenters.